The number of rotatable bonds is 11. The number of aliphatic hydroxyl groups excluding tert-OH is 1. The number of imidazole rings is 1. The summed E-state index contributed by atoms with van der Waals surface area (Å²) in [6.07, 6.45) is 6.51. The Balaban J connectivity index is 1.23. The Bertz CT molecular complexity index is 1520. The maximum absolute atomic E-state index is 10.1. The molecule has 0 amide bonds. The highest BCUT2D eigenvalue weighted by atomic mass is 16.5. The van der Waals surface area contributed by atoms with E-state index in [1.54, 1.807) is 27.7 Å². The van der Waals surface area contributed by atoms with Crippen molar-refractivity contribution in [2.24, 2.45) is 0 Å². The smallest absolute Gasteiger partial charge is 0.203 e. The first kappa shape index (κ1) is 28.8. The van der Waals surface area contributed by atoms with Crippen LogP contribution >= 0.6 is 0 Å². The van der Waals surface area contributed by atoms with Gasteiger partial charge in [-0.05, 0) is 18.4 Å². The molecule has 2 aromatic carbocycles. The lowest BCUT2D eigenvalue weighted by molar-refractivity contribution is 0.241. The minimum absolute atomic E-state index is 0.0819. The van der Waals surface area contributed by atoms with Crippen LogP contribution in [0.3, 0.4) is 0 Å². The minimum Gasteiger partial charge on any atom is -0.493 e. The molecule has 226 valence electrons. The Morgan fingerprint density at radius 2 is 1.79 bits per heavy atom. The Morgan fingerprint density at radius 1 is 1.00 bits per heavy atom. The molecule has 0 bridgehead atoms. The largest absolute Gasteiger partial charge is 0.493 e. The number of nitrogens with one attached hydrogen (secondary N) is 1. The van der Waals surface area contributed by atoms with Crippen molar-refractivity contribution in [2.75, 3.05) is 51.2 Å². The summed E-state index contributed by atoms with van der Waals surface area (Å²) in [6, 6.07) is 14.4. The summed E-state index contributed by atoms with van der Waals surface area (Å²) in [6.45, 7) is 4.06. The molecule has 1 atom stereocenters. The standard InChI is InChI=1S/C32H39N7O4/c1-41-27-14-24(15-28(42-2)31(27)43-3)38-19-30(34-21-38)33-16-29-35-26-11-13-37(17-22-8-5-4-6-9-22)18-25(26)32(36-29)39-12-7-10-23(39)20-40/h4-6,8-9,14-15,19,21,23,33,40H,7,10-13,16-18,20H2,1-3H3/t23-/m0/s1. The van der Waals surface area contributed by atoms with Crippen molar-refractivity contribution in [3.8, 4) is 22.9 Å². The molecule has 1 fully saturated rings. The SMILES string of the molecule is COc1cc(-n2cnc(NCc3nc4c(c(N5CCC[C@H]5CO)n3)CN(Cc3ccccc3)CC4)c2)cc(OC)c1OC. The quantitative estimate of drug-likeness (QED) is 0.270. The highest BCUT2D eigenvalue weighted by Gasteiger charge is 2.31. The van der Waals surface area contributed by atoms with Gasteiger partial charge in [0.2, 0.25) is 5.75 Å². The molecule has 0 aliphatic carbocycles. The van der Waals surface area contributed by atoms with E-state index in [0.29, 0.717) is 29.6 Å². The summed E-state index contributed by atoms with van der Waals surface area (Å²) in [7, 11) is 4.78. The van der Waals surface area contributed by atoms with Crippen LogP contribution in [0, 0.1) is 0 Å². The van der Waals surface area contributed by atoms with Gasteiger partial charge < -0.3 is 34.1 Å². The highest BCUT2D eigenvalue weighted by molar-refractivity contribution is 5.59. The van der Waals surface area contributed by atoms with E-state index >= 15 is 0 Å². The van der Waals surface area contributed by atoms with Crippen molar-refractivity contribution in [3.63, 3.8) is 0 Å². The number of ether oxygens (including phenoxy) is 3. The van der Waals surface area contributed by atoms with Crippen molar-refractivity contribution in [1.82, 2.24) is 24.4 Å². The molecule has 2 N–H and O–H groups in total. The Morgan fingerprint density at radius 3 is 2.51 bits per heavy atom. The van der Waals surface area contributed by atoms with Crippen LogP contribution in [-0.4, -0.2) is 76.6 Å². The second-order valence-corrected chi connectivity index (χ2v) is 10.9. The fraction of sp³-hybridized carbons (Fsp3) is 0.406. The number of benzene rings is 2. The Labute approximate surface area is 252 Å². The number of aromatic nitrogens is 4. The number of methoxy groups -OCH3 is 3. The van der Waals surface area contributed by atoms with Gasteiger partial charge in [0.25, 0.3) is 0 Å². The topological polar surface area (TPSA) is 110 Å². The van der Waals surface area contributed by atoms with Gasteiger partial charge in [0.15, 0.2) is 11.5 Å². The van der Waals surface area contributed by atoms with Crippen molar-refractivity contribution >= 4 is 11.6 Å². The molecular formula is C32H39N7O4. The molecule has 11 heteroatoms. The van der Waals surface area contributed by atoms with E-state index in [-0.39, 0.29) is 12.6 Å². The number of fused-ring (bicyclic) bond motifs is 1. The second-order valence-electron chi connectivity index (χ2n) is 10.9. The van der Waals surface area contributed by atoms with Crippen LogP contribution < -0.4 is 24.4 Å². The van der Waals surface area contributed by atoms with Crippen molar-refractivity contribution in [3.05, 3.63) is 77.6 Å². The molecule has 0 unspecified atom stereocenters. The van der Waals surface area contributed by atoms with Gasteiger partial charge in [-0.1, -0.05) is 30.3 Å². The molecular weight excluding hydrogens is 546 g/mol. The molecule has 0 saturated carbocycles. The zero-order valence-corrected chi connectivity index (χ0v) is 25.0. The van der Waals surface area contributed by atoms with Gasteiger partial charge in [-0.2, -0.15) is 0 Å². The van der Waals surface area contributed by atoms with E-state index in [4.69, 9.17) is 24.2 Å². The molecule has 6 rings (SSSR count). The fourth-order valence-electron chi connectivity index (χ4n) is 6.04. The first-order chi connectivity index (χ1) is 21.1. The lowest BCUT2D eigenvalue weighted by atomic mass is 10.0. The second kappa shape index (κ2) is 12.9. The average molecular weight is 586 g/mol. The highest BCUT2D eigenvalue weighted by Crippen LogP contribution is 2.39. The van der Waals surface area contributed by atoms with Gasteiger partial charge in [0.05, 0.1) is 58.1 Å². The first-order valence-electron chi connectivity index (χ1n) is 14.7. The lowest BCUT2D eigenvalue weighted by Gasteiger charge is -2.33. The summed E-state index contributed by atoms with van der Waals surface area (Å²) < 4.78 is 18.4. The van der Waals surface area contributed by atoms with Crippen LogP contribution in [-0.2, 0) is 26.1 Å². The summed E-state index contributed by atoms with van der Waals surface area (Å²) in [5.74, 6) is 4.05. The van der Waals surface area contributed by atoms with Gasteiger partial charge in [-0.15, -0.1) is 0 Å². The van der Waals surface area contributed by atoms with Crippen LogP contribution in [0.25, 0.3) is 5.69 Å². The molecule has 1 saturated heterocycles. The zero-order valence-electron chi connectivity index (χ0n) is 25.0. The predicted octanol–water partition coefficient (Wildman–Crippen LogP) is 3.82. The zero-order chi connectivity index (χ0) is 29.8. The van der Waals surface area contributed by atoms with Crippen LogP contribution in [0.2, 0.25) is 0 Å². The van der Waals surface area contributed by atoms with Gasteiger partial charge in [-0.25, -0.2) is 15.0 Å². The third kappa shape index (κ3) is 6.09. The van der Waals surface area contributed by atoms with Crippen molar-refractivity contribution in [1.29, 1.82) is 0 Å². The molecule has 43 heavy (non-hydrogen) atoms. The van der Waals surface area contributed by atoms with Crippen LogP contribution in [0.4, 0.5) is 11.6 Å². The molecule has 2 aliphatic heterocycles. The van der Waals surface area contributed by atoms with Crippen LogP contribution in [0.1, 0.15) is 35.5 Å². The maximum atomic E-state index is 10.1. The average Bonchev–Trinajstić information content (AvgIpc) is 3.73. The van der Waals surface area contributed by atoms with E-state index in [9.17, 15) is 5.11 Å². The number of nitrogens with zero attached hydrogens (tertiary/aromatic N) is 6. The molecule has 0 spiro atoms. The van der Waals surface area contributed by atoms with E-state index in [0.717, 1.165) is 68.5 Å². The molecule has 11 nitrogen and oxygen atoms in total. The molecule has 4 heterocycles. The minimum atomic E-state index is 0.0819. The van der Waals surface area contributed by atoms with Crippen molar-refractivity contribution in [2.45, 2.75) is 44.9 Å². The summed E-state index contributed by atoms with van der Waals surface area (Å²) in [4.78, 5) is 19.4. The summed E-state index contributed by atoms with van der Waals surface area (Å²) >= 11 is 0. The summed E-state index contributed by atoms with van der Waals surface area (Å²) in [5, 5.41) is 13.5. The van der Waals surface area contributed by atoms with Gasteiger partial charge in [0, 0.05) is 50.3 Å². The predicted molar refractivity (Wildman–Crippen MR) is 164 cm³/mol. The third-order valence-electron chi connectivity index (χ3n) is 8.23. The van der Waals surface area contributed by atoms with Gasteiger partial charge in [-0.3, -0.25) is 4.90 Å². The number of hydrogen-bond acceptors (Lipinski definition) is 10. The van der Waals surface area contributed by atoms with E-state index < -0.39 is 0 Å². The van der Waals surface area contributed by atoms with E-state index in [1.165, 1.54) is 11.1 Å². The normalized spacial score (nSPS) is 16.7. The fourth-order valence-corrected chi connectivity index (χ4v) is 6.04. The first-order valence-corrected chi connectivity index (χ1v) is 14.7. The van der Waals surface area contributed by atoms with E-state index in [1.807, 2.05) is 22.9 Å². The maximum Gasteiger partial charge on any atom is 0.203 e. The Hall–Kier alpha value is -4.35. The van der Waals surface area contributed by atoms with Crippen LogP contribution in [0.5, 0.6) is 17.2 Å². The number of hydrogen-bond donors (Lipinski definition) is 2. The molecule has 0 radical (unpaired) electrons. The molecule has 2 aromatic heterocycles. The number of aliphatic hydroxyl groups is 1. The van der Waals surface area contributed by atoms with Gasteiger partial charge >= 0.3 is 0 Å². The third-order valence-corrected chi connectivity index (χ3v) is 8.23. The summed E-state index contributed by atoms with van der Waals surface area (Å²) in [5.41, 5.74) is 4.40. The number of anilines is 2. The van der Waals surface area contributed by atoms with Crippen molar-refractivity contribution < 1.29 is 19.3 Å². The Kier molecular flexibility index (Phi) is 8.62. The van der Waals surface area contributed by atoms with Crippen LogP contribution in [0.15, 0.2) is 55.0 Å². The molecule has 4 aromatic rings. The van der Waals surface area contributed by atoms with Gasteiger partial charge in [0.1, 0.15) is 23.8 Å². The lowest BCUT2D eigenvalue weighted by Crippen LogP contribution is -2.37. The monoisotopic (exact) mass is 585 g/mol. The van der Waals surface area contributed by atoms with E-state index in [2.05, 4.69) is 50.4 Å². The molecule has 2 aliphatic rings.